The summed E-state index contributed by atoms with van der Waals surface area (Å²) < 4.78 is 5.05. The molecular formula is C7H7N5OS. The Balaban J connectivity index is 2.17. The van der Waals surface area contributed by atoms with E-state index in [1.54, 1.807) is 12.3 Å². The van der Waals surface area contributed by atoms with Crippen LogP contribution in [0.1, 0.15) is 0 Å². The molecule has 14 heavy (non-hydrogen) atoms. The molecule has 3 N–H and O–H groups in total. The van der Waals surface area contributed by atoms with Crippen molar-refractivity contribution in [1.82, 2.24) is 15.0 Å². The van der Waals surface area contributed by atoms with Crippen molar-refractivity contribution in [2.45, 2.75) is 10.2 Å². The van der Waals surface area contributed by atoms with Gasteiger partial charge in [0.15, 0.2) is 0 Å². The molecule has 72 valence electrons. The molecule has 0 unspecified atom stereocenters. The Labute approximate surface area is 83.9 Å². The minimum Gasteiger partial charge on any atom is -0.440 e. The number of hydrogen-bond donors (Lipinski definition) is 2. The average molecular weight is 209 g/mol. The van der Waals surface area contributed by atoms with Crippen molar-refractivity contribution in [2.75, 3.05) is 5.43 Å². The van der Waals surface area contributed by atoms with Crippen LogP contribution in [0.15, 0.2) is 39.5 Å². The molecule has 0 spiro atoms. The molecule has 2 aromatic rings. The van der Waals surface area contributed by atoms with Gasteiger partial charge in [-0.1, -0.05) is 0 Å². The van der Waals surface area contributed by atoms with Gasteiger partial charge in [-0.15, -0.1) is 0 Å². The second-order valence-corrected chi connectivity index (χ2v) is 3.26. The second kappa shape index (κ2) is 4.07. The third-order valence-electron chi connectivity index (χ3n) is 1.39. The highest BCUT2D eigenvalue weighted by Crippen LogP contribution is 2.24. The van der Waals surface area contributed by atoms with E-state index in [9.17, 15) is 0 Å². The molecule has 0 amide bonds. The van der Waals surface area contributed by atoms with Crippen LogP contribution in [0, 0.1) is 0 Å². The van der Waals surface area contributed by atoms with Crippen LogP contribution in [-0.4, -0.2) is 15.0 Å². The van der Waals surface area contributed by atoms with Crippen LogP contribution in [-0.2, 0) is 0 Å². The maximum atomic E-state index is 5.20. The van der Waals surface area contributed by atoms with Crippen LogP contribution in [0.3, 0.4) is 0 Å². The van der Waals surface area contributed by atoms with E-state index in [4.69, 9.17) is 10.3 Å². The molecule has 6 nitrogen and oxygen atoms in total. The van der Waals surface area contributed by atoms with E-state index in [0.717, 1.165) is 5.03 Å². The van der Waals surface area contributed by atoms with E-state index >= 15 is 0 Å². The topological polar surface area (TPSA) is 89.9 Å². The zero-order chi connectivity index (χ0) is 9.80. The van der Waals surface area contributed by atoms with Crippen LogP contribution in [0.5, 0.6) is 0 Å². The maximum Gasteiger partial charge on any atom is 0.261 e. The molecule has 0 atom stereocenters. The first-order chi connectivity index (χ1) is 6.88. The van der Waals surface area contributed by atoms with E-state index in [1.807, 2.05) is 0 Å². The lowest BCUT2D eigenvalue weighted by atomic mass is 10.6. The van der Waals surface area contributed by atoms with Gasteiger partial charge in [-0.3, -0.25) is 0 Å². The number of nitrogens with zero attached hydrogens (tertiary/aromatic N) is 3. The van der Waals surface area contributed by atoms with Gasteiger partial charge in [0.1, 0.15) is 23.4 Å². The molecule has 0 aliphatic heterocycles. The van der Waals surface area contributed by atoms with Gasteiger partial charge in [-0.25, -0.2) is 20.8 Å². The summed E-state index contributed by atoms with van der Waals surface area (Å²) >= 11 is 1.30. The number of rotatable bonds is 3. The summed E-state index contributed by atoms with van der Waals surface area (Å²) in [5, 5.41) is 1.25. The molecule has 0 aliphatic carbocycles. The zero-order valence-electron chi connectivity index (χ0n) is 7.04. The largest absolute Gasteiger partial charge is 0.440 e. The highest BCUT2D eigenvalue weighted by Gasteiger charge is 2.03. The summed E-state index contributed by atoms with van der Waals surface area (Å²) in [7, 11) is 0. The van der Waals surface area contributed by atoms with Gasteiger partial charge >= 0.3 is 0 Å². The second-order valence-electron chi connectivity index (χ2n) is 2.29. The Morgan fingerprint density at radius 1 is 1.36 bits per heavy atom. The predicted molar refractivity (Wildman–Crippen MR) is 50.5 cm³/mol. The molecule has 0 aromatic carbocycles. The summed E-state index contributed by atoms with van der Waals surface area (Å²) in [4.78, 5) is 11.8. The lowest BCUT2D eigenvalue weighted by molar-refractivity contribution is 0.454. The van der Waals surface area contributed by atoms with Crippen molar-refractivity contribution < 1.29 is 4.42 Å². The van der Waals surface area contributed by atoms with E-state index in [2.05, 4.69) is 20.4 Å². The lowest BCUT2D eigenvalue weighted by Gasteiger charge is -1.99. The van der Waals surface area contributed by atoms with Crippen LogP contribution in [0.2, 0.25) is 0 Å². The fourth-order valence-electron chi connectivity index (χ4n) is 0.824. The number of anilines is 1. The molecular weight excluding hydrogens is 202 g/mol. The molecule has 0 fully saturated rings. The first-order valence-corrected chi connectivity index (χ1v) is 4.56. The SMILES string of the molecule is NNc1cc(Sc2ncco2)ncn1. The summed E-state index contributed by atoms with van der Waals surface area (Å²) in [6.07, 6.45) is 4.50. The van der Waals surface area contributed by atoms with E-state index < -0.39 is 0 Å². The molecule has 0 aliphatic rings. The Hall–Kier alpha value is -1.60. The third kappa shape index (κ3) is 2.01. The van der Waals surface area contributed by atoms with Crippen molar-refractivity contribution in [3.05, 3.63) is 24.9 Å². The van der Waals surface area contributed by atoms with Crippen molar-refractivity contribution in [3.8, 4) is 0 Å². The van der Waals surface area contributed by atoms with Gasteiger partial charge in [-0.2, -0.15) is 0 Å². The molecule has 0 radical (unpaired) electrons. The Morgan fingerprint density at radius 3 is 3.00 bits per heavy atom. The van der Waals surface area contributed by atoms with Crippen LogP contribution in [0.25, 0.3) is 0 Å². The van der Waals surface area contributed by atoms with Crippen molar-refractivity contribution in [1.29, 1.82) is 0 Å². The van der Waals surface area contributed by atoms with Gasteiger partial charge < -0.3 is 9.84 Å². The number of aromatic nitrogens is 3. The van der Waals surface area contributed by atoms with Crippen molar-refractivity contribution >= 4 is 17.6 Å². The first-order valence-electron chi connectivity index (χ1n) is 3.74. The first kappa shape index (κ1) is 8.97. The van der Waals surface area contributed by atoms with Gasteiger partial charge in [0.25, 0.3) is 5.22 Å². The quantitative estimate of drug-likeness (QED) is 0.441. The van der Waals surface area contributed by atoms with Gasteiger partial charge in [0, 0.05) is 6.07 Å². The third-order valence-corrected chi connectivity index (χ3v) is 2.20. The van der Waals surface area contributed by atoms with Crippen LogP contribution in [0.4, 0.5) is 5.82 Å². The summed E-state index contributed by atoms with van der Waals surface area (Å²) in [5.74, 6) is 5.75. The molecule has 0 saturated heterocycles. The van der Waals surface area contributed by atoms with Gasteiger partial charge in [-0.05, 0) is 11.8 Å². The van der Waals surface area contributed by atoms with Gasteiger partial charge in [0.05, 0.1) is 6.20 Å². The predicted octanol–water partition coefficient (Wildman–Crippen LogP) is 0.901. The number of nitrogens with one attached hydrogen (secondary N) is 1. The van der Waals surface area contributed by atoms with Crippen molar-refractivity contribution in [3.63, 3.8) is 0 Å². The van der Waals surface area contributed by atoms with Gasteiger partial charge in [0.2, 0.25) is 0 Å². The highest BCUT2D eigenvalue weighted by atomic mass is 32.2. The van der Waals surface area contributed by atoms with Crippen LogP contribution < -0.4 is 11.3 Å². The maximum absolute atomic E-state index is 5.20. The summed E-state index contributed by atoms with van der Waals surface area (Å²) in [6.45, 7) is 0. The summed E-state index contributed by atoms with van der Waals surface area (Å²) in [6, 6.07) is 1.70. The minimum absolute atomic E-state index is 0.534. The number of oxazole rings is 1. The fourth-order valence-corrected chi connectivity index (χ4v) is 1.49. The fraction of sp³-hybridized carbons (Fsp3) is 0. The molecule has 2 heterocycles. The van der Waals surface area contributed by atoms with E-state index in [0.29, 0.717) is 11.0 Å². The Bertz CT molecular complexity index is 404. The normalized spacial score (nSPS) is 10.1. The lowest BCUT2D eigenvalue weighted by Crippen LogP contribution is -2.08. The number of nitrogen functional groups attached to an aromatic ring is 1. The van der Waals surface area contributed by atoms with E-state index in [-0.39, 0.29) is 0 Å². The molecule has 2 aromatic heterocycles. The average Bonchev–Trinajstić information content (AvgIpc) is 2.71. The van der Waals surface area contributed by atoms with Crippen molar-refractivity contribution in [2.24, 2.45) is 5.84 Å². The standard InChI is InChI=1S/C7H7N5OS/c8-12-5-3-6(11-4-10-5)14-7-9-1-2-13-7/h1-4H,8H2,(H,10,11,12). The van der Waals surface area contributed by atoms with Crippen LogP contribution >= 0.6 is 11.8 Å². The molecule has 2 rings (SSSR count). The molecule has 0 bridgehead atoms. The molecule has 0 saturated carbocycles. The Morgan fingerprint density at radius 2 is 2.29 bits per heavy atom. The van der Waals surface area contributed by atoms with E-state index in [1.165, 1.54) is 24.4 Å². The number of hydrazine groups is 1. The highest BCUT2D eigenvalue weighted by molar-refractivity contribution is 7.99. The Kier molecular flexibility index (Phi) is 2.61. The summed E-state index contributed by atoms with van der Waals surface area (Å²) in [5.41, 5.74) is 2.43. The monoisotopic (exact) mass is 209 g/mol. The smallest absolute Gasteiger partial charge is 0.261 e. The molecule has 7 heteroatoms. The number of hydrogen-bond acceptors (Lipinski definition) is 7. The zero-order valence-corrected chi connectivity index (χ0v) is 7.86. The minimum atomic E-state index is 0.534. The number of nitrogens with two attached hydrogens (primary N) is 1.